The van der Waals surface area contributed by atoms with E-state index in [4.69, 9.17) is 4.74 Å². The van der Waals surface area contributed by atoms with E-state index in [1.54, 1.807) is 37.1 Å². The smallest absolute Gasteiger partial charge is 0.252 e. The number of methoxy groups -OCH3 is 1. The highest BCUT2D eigenvalue weighted by molar-refractivity contribution is 7.99. The van der Waals surface area contributed by atoms with E-state index in [1.165, 1.54) is 12.1 Å². The van der Waals surface area contributed by atoms with Crippen LogP contribution in [0.4, 0.5) is 4.39 Å². The Morgan fingerprint density at radius 2 is 2.04 bits per heavy atom. The Morgan fingerprint density at radius 3 is 2.74 bits per heavy atom. The van der Waals surface area contributed by atoms with E-state index in [0.29, 0.717) is 11.1 Å². The van der Waals surface area contributed by atoms with Gasteiger partial charge in [-0.3, -0.25) is 4.79 Å². The fourth-order valence-corrected chi connectivity index (χ4v) is 3.06. The van der Waals surface area contributed by atoms with Gasteiger partial charge in [-0.15, -0.1) is 11.8 Å². The molecule has 0 heterocycles. The summed E-state index contributed by atoms with van der Waals surface area (Å²) in [5.74, 6) is 0.425. The van der Waals surface area contributed by atoms with Gasteiger partial charge in [0.25, 0.3) is 5.91 Å². The number of ether oxygens (including phenoxy) is 1. The minimum Gasteiger partial charge on any atom is -0.375 e. The number of carbonyl (C=O) groups is 1. The molecule has 2 aromatic carbocycles. The molecule has 1 amide bonds. The summed E-state index contributed by atoms with van der Waals surface area (Å²) >= 11 is 1.63. The summed E-state index contributed by atoms with van der Waals surface area (Å²) in [6, 6.07) is 13.7. The van der Waals surface area contributed by atoms with Crippen molar-refractivity contribution < 1.29 is 13.9 Å². The Kier molecular flexibility index (Phi) is 6.62. The second-order valence-electron chi connectivity index (χ2n) is 4.92. The molecule has 0 aromatic heterocycles. The predicted octanol–water partition coefficient (Wildman–Crippen LogP) is 4.06. The quantitative estimate of drug-likeness (QED) is 0.777. The van der Waals surface area contributed by atoms with Gasteiger partial charge >= 0.3 is 0 Å². The Balaban J connectivity index is 2.05. The van der Waals surface area contributed by atoms with Gasteiger partial charge in [-0.25, -0.2) is 4.39 Å². The lowest BCUT2D eigenvalue weighted by Crippen LogP contribution is -2.29. The van der Waals surface area contributed by atoms with Crippen molar-refractivity contribution in [1.29, 1.82) is 0 Å². The first-order valence-electron chi connectivity index (χ1n) is 7.44. The number of hydrogen-bond acceptors (Lipinski definition) is 3. The summed E-state index contributed by atoms with van der Waals surface area (Å²) in [5.41, 5.74) is 1.34. The molecule has 0 bridgehead atoms. The van der Waals surface area contributed by atoms with Crippen LogP contribution in [0.1, 0.15) is 28.9 Å². The molecule has 0 aliphatic carbocycles. The second kappa shape index (κ2) is 8.70. The van der Waals surface area contributed by atoms with Crippen molar-refractivity contribution in [3.05, 3.63) is 65.5 Å². The molecule has 1 N–H and O–H groups in total. The molecular formula is C18H20FNO2S. The molecule has 3 nitrogen and oxygen atoms in total. The van der Waals surface area contributed by atoms with Crippen molar-refractivity contribution >= 4 is 17.7 Å². The lowest BCUT2D eigenvalue weighted by atomic mass is 10.1. The van der Waals surface area contributed by atoms with Gasteiger partial charge < -0.3 is 10.1 Å². The zero-order chi connectivity index (χ0) is 16.7. The fourth-order valence-electron chi connectivity index (χ4n) is 2.26. The average Bonchev–Trinajstić information content (AvgIpc) is 2.56. The molecule has 122 valence electrons. The highest BCUT2D eigenvalue weighted by atomic mass is 32.2. The van der Waals surface area contributed by atoms with Crippen LogP contribution < -0.4 is 5.32 Å². The molecule has 2 rings (SSSR count). The Morgan fingerprint density at radius 1 is 1.26 bits per heavy atom. The van der Waals surface area contributed by atoms with Gasteiger partial charge in [0, 0.05) is 18.6 Å². The number of thioether (sulfide) groups is 1. The van der Waals surface area contributed by atoms with E-state index in [1.807, 2.05) is 25.1 Å². The molecule has 0 unspecified atom stereocenters. The van der Waals surface area contributed by atoms with Crippen LogP contribution in [0, 0.1) is 5.82 Å². The third kappa shape index (κ3) is 4.81. The van der Waals surface area contributed by atoms with Crippen LogP contribution in [0.5, 0.6) is 0 Å². The van der Waals surface area contributed by atoms with Gasteiger partial charge in [0.1, 0.15) is 5.82 Å². The van der Waals surface area contributed by atoms with Crippen molar-refractivity contribution in [2.24, 2.45) is 0 Å². The number of rotatable bonds is 7. The number of benzene rings is 2. The number of hydrogen-bond donors (Lipinski definition) is 1. The first kappa shape index (κ1) is 17.5. The lowest BCUT2D eigenvalue weighted by Gasteiger charge is -2.17. The van der Waals surface area contributed by atoms with Gasteiger partial charge in [0.2, 0.25) is 0 Å². The zero-order valence-electron chi connectivity index (χ0n) is 13.2. The minimum absolute atomic E-state index is 0.153. The molecule has 23 heavy (non-hydrogen) atoms. The van der Waals surface area contributed by atoms with Crippen LogP contribution in [0.2, 0.25) is 0 Å². The van der Waals surface area contributed by atoms with Crippen LogP contribution in [0.15, 0.2) is 53.4 Å². The summed E-state index contributed by atoms with van der Waals surface area (Å²) in [6.07, 6.45) is -0.388. The summed E-state index contributed by atoms with van der Waals surface area (Å²) < 4.78 is 18.7. The van der Waals surface area contributed by atoms with Crippen molar-refractivity contribution in [2.45, 2.75) is 17.9 Å². The molecule has 0 fully saturated rings. The first-order chi connectivity index (χ1) is 11.2. The van der Waals surface area contributed by atoms with Gasteiger partial charge in [-0.2, -0.15) is 0 Å². The molecule has 0 saturated heterocycles. The maximum absolute atomic E-state index is 13.3. The van der Waals surface area contributed by atoms with E-state index in [-0.39, 0.29) is 24.4 Å². The maximum atomic E-state index is 13.3. The van der Waals surface area contributed by atoms with E-state index in [0.717, 1.165) is 10.6 Å². The SMILES string of the molecule is CCSc1ccccc1C(=O)NC[C@@H](OC)c1cccc(F)c1. The van der Waals surface area contributed by atoms with Crippen LogP contribution in [0.25, 0.3) is 0 Å². The predicted molar refractivity (Wildman–Crippen MR) is 91.3 cm³/mol. The van der Waals surface area contributed by atoms with Gasteiger partial charge in [0.15, 0.2) is 0 Å². The van der Waals surface area contributed by atoms with Gasteiger partial charge in [0.05, 0.1) is 11.7 Å². The monoisotopic (exact) mass is 333 g/mol. The average molecular weight is 333 g/mol. The highest BCUT2D eigenvalue weighted by Crippen LogP contribution is 2.22. The van der Waals surface area contributed by atoms with Crippen LogP contribution in [-0.4, -0.2) is 25.3 Å². The third-order valence-electron chi connectivity index (χ3n) is 3.38. The summed E-state index contributed by atoms with van der Waals surface area (Å²) in [7, 11) is 1.54. The lowest BCUT2D eigenvalue weighted by molar-refractivity contribution is 0.0825. The number of amides is 1. The first-order valence-corrected chi connectivity index (χ1v) is 8.42. The molecule has 0 spiro atoms. The number of carbonyl (C=O) groups excluding carboxylic acids is 1. The van der Waals surface area contributed by atoms with Crippen LogP contribution in [0.3, 0.4) is 0 Å². The fraction of sp³-hybridized carbons (Fsp3) is 0.278. The highest BCUT2D eigenvalue weighted by Gasteiger charge is 2.15. The molecule has 2 aromatic rings. The normalized spacial score (nSPS) is 12.0. The van der Waals surface area contributed by atoms with Crippen LogP contribution in [-0.2, 0) is 4.74 Å². The van der Waals surface area contributed by atoms with E-state index in [9.17, 15) is 9.18 Å². The molecule has 0 radical (unpaired) electrons. The molecule has 0 aliphatic rings. The van der Waals surface area contributed by atoms with Crippen molar-refractivity contribution in [2.75, 3.05) is 19.4 Å². The molecular weight excluding hydrogens is 313 g/mol. The van der Waals surface area contributed by atoms with Crippen molar-refractivity contribution in [3.8, 4) is 0 Å². The summed E-state index contributed by atoms with van der Waals surface area (Å²) in [6.45, 7) is 2.33. The second-order valence-corrected chi connectivity index (χ2v) is 6.22. The maximum Gasteiger partial charge on any atom is 0.252 e. The Hall–Kier alpha value is -1.85. The molecule has 1 atom stereocenters. The number of nitrogens with one attached hydrogen (secondary N) is 1. The van der Waals surface area contributed by atoms with Gasteiger partial charge in [-0.1, -0.05) is 31.2 Å². The Labute approximate surface area is 140 Å². The van der Waals surface area contributed by atoms with Crippen molar-refractivity contribution in [1.82, 2.24) is 5.32 Å². The van der Waals surface area contributed by atoms with E-state index < -0.39 is 0 Å². The minimum atomic E-state index is -0.388. The Bertz CT molecular complexity index is 663. The molecule has 5 heteroatoms. The third-order valence-corrected chi connectivity index (χ3v) is 4.34. The zero-order valence-corrected chi connectivity index (χ0v) is 14.0. The topological polar surface area (TPSA) is 38.3 Å². The molecule has 0 aliphatic heterocycles. The number of halogens is 1. The largest absolute Gasteiger partial charge is 0.375 e. The summed E-state index contributed by atoms with van der Waals surface area (Å²) in [4.78, 5) is 13.4. The van der Waals surface area contributed by atoms with Crippen molar-refractivity contribution in [3.63, 3.8) is 0 Å². The van der Waals surface area contributed by atoms with Crippen LogP contribution >= 0.6 is 11.8 Å². The molecule has 0 saturated carbocycles. The standard InChI is InChI=1S/C18H20FNO2S/c1-3-23-17-10-5-4-9-15(17)18(21)20-12-16(22-2)13-7-6-8-14(19)11-13/h4-11,16H,3,12H2,1-2H3,(H,20,21)/t16-/m1/s1. The van der Waals surface area contributed by atoms with Gasteiger partial charge in [-0.05, 0) is 35.6 Å². The summed E-state index contributed by atoms with van der Waals surface area (Å²) in [5, 5.41) is 2.87. The van der Waals surface area contributed by atoms with E-state index in [2.05, 4.69) is 5.32 Å². The van der Waals surface area contributed by atoms with E-state index >= 15 is 0 Å².